The molecule has 0 spiro atoms. The second kappa shape index (κ2) is 11.7. The van der Waals surface area contributed by atoms with Crippen LogP contribution >= 0.6 is 15.9 Å². The summed E-state index contributed by atoms with van der Waals surface area (Å²) in [5.74, 6) is -0.000764. The maximum atomic E-state index is 13.9. The predicted molar refractivity (Wildman–Crippen MR) is 161 cm³/mol. The number of rotatable bonds is 10. The van der Waals surface area contributed by atoms with Crippen molar-refractivity contribution in [3.05, 3.63) is 58.5 Å². The van der Waals surface area contributed by atoms with Crippen molar-refractivity contribution in [2.45, 2.75) is 58.8 Å². The minimum absolute atomic E-state index is 0.0704. The number of Topliss-reactive ketones (excluding diaryl/α,β-unsaturated/α-hetero) is 1. The van der Waals surface area contributed by atoms with Gasteiger partial charge in [0.05, 0.1) is 30.6 Å². The summed E-state index contributed by atoms with van der Waals surface area (Å²) in [6.07, 6.45) is 6.19. The number of pyridine rings is 2. The number of fused-ring (bicyclic) bond motifs is 2. The molecule has 0 bridgehead atoms. The van der Waals surface area contributed by atoms with Gasteiger partial charge in [0.25, 0.3) is 0 Å². The summed E-state index contributed by atoms with van der Waals surface area (Å²) in [6, 6.07) is 4.38. The van der Waals surface area contributed by atoms with Crippen LogP contribution in [0, 0.1) is 12.3 Å². The minimum Gasteiger partial charge on any atom is -0.374 e. The van der Waals surface area contributed by atoms with Gasteiger partial charge in [0.2, 0.25) is 11.8 Å². The highest BCUT2D eigenvalue weighted by molar-refractivity contribution is 9.10. The van der Waals surface area contributed by atoms with Gasteiger partial charge in [0.1, 0.15) is 41.2 Å². The van der Waals surface area contributed by atoms with Gasteiger partial charge in [-0.2, -0.15) is 5.10 Å². The zero-order chi connectivity index (χ0) is 31.2. The fourth-order valence-electron chi connectivity index (χ4n) is 5.83. The van der Waals surface area contributed by atoms with Crippen molar-refractivity contribution in [1.29, 1.82) is 0 Å². The quantitative estimate of drug-likeness (QED) is 0.151. The molecule has 4 aromatic heterocycles. The fraction of sp³-hybridized carbons (Fsp3) is 0.400. The van der Waals surface area contributed by atoms with Gasteiger partial charge in [-0.25, -0.2) is 19.3 Å². The van der Waals surface area contributed by atoms with E-state index in [1.54, 1.807) is 48.6 Å². The molecule has 228 valence electrons. The third-order valence-electron chi connectivity index (χ3n) is 8.22. The molecule has 3 atom stereocenters. The van der Waals surface area contributed by atoms with Crippen LogP contribution in [0.2, 0.25) is 0 Å². The number of nitrogens with one attached hydrogen (secondary N) is 1. The third-order valence-corrected chi connectivity index (χ3v) is 8.67. The molecule has 44 heavy (non-hydrogen) atoms. The first kappa shape index (κ1) is 29.9. The number of ether oxygens (including phenoxy) is 1. The fourth-order valence-corrected chi connectivity index (χ4v) is 6.14. The molecule has 2 fully saturated rings. The van der Waals surface area contributed by atoms with Gasteiger partial charge in [-0.05, 0) is 53.2 Å². The van der Waals surface area contributed by atoms with Gasteiger partial charge >= 0.3 is 0 Å². The summed E-state index contributed by atoms with van der Waals surface area (Å²) in [5, 5.41) is 7.92. The third kappa shape index (κ3) is 5.71. The van der Waals surface area contributed by atoms with Gasteiger partial charge in [-0.1, -0.05) is 13.0 Å². The van der Waals surface area contributed by atoms with Crippen molar-refractivity contribution < 1.29 is 23.5 Å². The number of aryl methyl sites for hydroxylation is 1. The van der Waals surface area contributed by atoms with Crippen molar-refractivity contribution in [1.82, 2.24) is 34.6 Å². The second-order valence-electron chi connectivity index (χ2n) is 11.4. The molecule has 1 unspecified atom stereocenters. The summed E-state index contributed by atoms with van der Waals surface area (Å²) in [7, 11) is 0. The number of nitrogens with zero attached hydrogens (tertiary/aromatic N) is 7. The highest BCUT2D eigenvalue weighted by Gasteiger charge is 2.64. The maximum Gasteiger partial charge on any atom is 0.248 e. The number of anilines is 1. The number of ketones is 1. The zero-order valence-corrected chi connectivity index (χ0v) is 26.0. The monoisotopic (exact) mass is 664 g/mol. The van der Waals surface area contributed by atoms with Crippen LogP contribution < -0.4 is 5.32 Å². The number of piperidine rings is 1. The number of hydrogen-bond donors (Lipinski definition) is 1. The second-order valence-corrected chi connectivity index (χ2v) is 12.2. The van der Waals surface area contributed by atoms with Crippen LogP contribution in [0.1, 0.15) is 48.6 Å². The molecule has 0 radical (unpaired) electrons. The SMILES string of the molecule is CC(=O)c1nn(CC(=O)N2C3C[C@]3(C)C[C@H]2C(=O)Nc2nc(Br)ccc2COCCF)c2cnc(-c3cnc(C)nc3)cc12. The number of hydrogen-bond acceptors (Lipinski definition) is 9. The predicted octanol–water partition coefficient (Wildman–Crippen LogP) is 4.06. The number of alkyl halides is 1. The average Bonchev–Trinajstić information content (AvgIpc) is 3.35. The number of carbonyl (C=O) groups is 3. The van der Waals surface area contributed by atoms with Crippen LogP contribution in [0.3, 0.4) is 0 Å². The Kier molecular flexibility index (Phi) is 7.97. The van der Waals surface area contributed by atoms with E-state index in [9.17, 15) is 18.8 Å². The molecule has 1 saturated heterocycles. The Morgan fingerprint density at radius 1 is 1.16 bits per heavy atom. The van der Waals surface area contributed by atoms with Crippen LogP contribution in [-0.2, 0) is 27.5 Å². The van der Waals surface area contributed by atoms with Gasteiger partial charge < -0.3 is 15.0 Å². The zero-order valence-electron chi connectivity index (χ0n) is 24.4. The van der Waals surface area contributed by atoms with Crippen LogP contribution in [0.5, 0.6) is 0 Å². The lowest BCUT2D eigenvalue weighted by atomic mass is 10.0. The molecule has 0 aromatic carbocycles. The van der Waals surface area contributed by atoms with E-state index in [0.717, 1.165) is 6.42 Å². The summed E-state index contributed by atoms with van der Waals surface area (Å²) in [6.45, 7) is 4.48. The number of likely N-dealkylation sites (tertiary alicyclic amines) is 1. The molecular weight excluding hydrogens is 635 g/mol. The Bertz CT molecular complexity index is 1780. The Labute approximate surface area is 260 Å². The molecule has 6 rings (SSSR count). The van der Waals surface area contributed by atoms with E-state index in [2.05, 4.69) is 53.2 Å². The van der Waals surface area contributed by atoms with Crippen molar-refractivity contribution >= 4 is 50.2 Å². The van der Waals surface area contributed by atoms with E-state index >= 15 is 0 Å². The Morgan fingerprint density at radius 2 is 1.93 bits per heavy atom. The lowest BCUT2D eigenvalue weighted by Gasteiger charge is -2.27. The Balaban J connectivity index is 1.25. The Hall–Kier alpha value is -4.17. The maximum absolute atomic E-state index is 13.9. The lowest BCUT2D eigenvalue weighted by molar-refractivity contribution is -0.138. The molecule has 5 heterocycles. The van der Waals surface area contributed by atoms with Crippen LogP contribution in [0.4, 0.5) is 10.2 Å². The van der Waals surface area contributed by atoms with Crippen molar-refractivity contribution in [3.63, 3.8) is 0 Å². The van der Waals surface area contributed by atoms with E-state index in [0.29, 0.717) is 44.6 Å². The van der Waals surface area contributed by atoms with Gasteiger partial charge in [0, 0.05) is 41.9 Å². The molecule has 1 aliphatic carbocycles. The normalized spacial score (nSPS) is 20.5. The van der Waals surface area contributed by atoms with E-state index in [1.807, 2.05) is 0 Å². The van der Waals surface area contributed by atoms with Crippen LogP contribution in [0.25, 0.3) is 22.2 Å². The first-order chi connectivity index (χ1) is 21.1. The van der Waals surface area contributed by atoms with Crippen LogP contribution in [0.15, 0.2) is 41.4 Å². The number of amides is 2. The summed E-state index contributed by atoms with van der Waals surface area (Å²) in [4.78, 5) is 59.1. The first-order valence-corrected chi connectivity index (χ1v) is 14.9. The van der Waals surface area contributed by atoms with E-state index in [1.165, 1.54) is 11.6 Å². The Morgan fingerprint density at radius 3 is 2.66 bits per heavy atom. The van der Waals surface area contributed by atoms with Gasteiger partial charge in [-0.15, -0.1) is 0 Å². The molecule has 12 nitrogen and oxygen atoms in total. The number of aromatic nitrogens is 6. The average molecular weight is 666 g/mol. The van der Waals surface area contributed by atoms with Crippen molar-refractivity contribution in [2.24, 2.45) is 5.41 Å². The molecule has 1 N–H and O–H groups in total. The first-order valence-electron chi connectivity index (χ1n) is 14.2. The summed E-state index contributed by atoms with van der Waals surface area (Å²) in [5.41, 5.74) is 2.43. The lowest BCUT2D eigenvalue weighted by Crippen LogP contribution is -2.47. The highest BCUT2D eigenvalue weighted by atomic mass is 79.9. The molecular formula is C30H30BrFN8O4. The smallest absolute Gasteiger partial charge is 0.248 e. The largest absolute Gasteiger partial charge is 0.374 e. The van der Waals surface area contributed by atoms with E-state index < -0.39 is 12.7 Å². The number of carbonyl (C=O) groups excluding carboxylic acids is 3. The highest BCUT2D eigenvalue weighted by Crippen LogP contribution is 2.59. The summed E-state index contributed by atoms with van der Waals surface area (Å²) < 4.78 is 19.9. The van der Waals surface area contributed by atoms with Crippen molar-refractivity contribution in [2.75, 3.05) is 18.6 Å². The molecule has 2 amide bonds. The summed E-state index contributed by atoms with van der Waals surface area (Å²) >= 11 is 3.33. The molecule has 14 heteroatoms. The molecule has 4 aromatic rings. The topological polar surface area (TPSA) is 145 Å². The van der Waals surface area contributed by atoms with Gasteiger partial charge in [-0.3, -0.25) is 24.0 Å². The van der Waals surface area contributed by atoms with Gasteiger partial charge in [0.15, 0.2) is 5.78 Å². The van der Waals surface area contributed by atoms with E-state index in [-0.39, 0.29) is 60.3 Å². The standard InChI is InChI=1S/C30H30BrFN8O4/c1-16(41)27-20-8-21(19-11-33-17(2)34-12-19)35-13-23(20)39(38-27)14-26(42)40-22(9-30(3)10-24(30)40)29(43)37-28-18(15-44-7-6-32)4-5-25(31)36-28/h4-5,8,11-13,22,24H,6-7,9-10,14-15H2,1-3H3,(H,36,37,43)/t22-,24?,30-/m0/s1. The molecule has 2 aliphatic rings. The molecule has 1 saturated carbocycles. The van der Waals surface area contributed by atoms with Crippen molar-refractivity contribution in [3.8, 4) is 11.3 Å². The number of halogens is 2. The van der Waals surface area contributed by atoms with Crippen LogP contribution in [-0.4, -0.2) is 77.6 Å². The minimum atomic E-state index is -0.730. The van der Waals surface area contributed by atoms with E-state index in [4.69, 9.17) is 4.74 Å². The molecule has 1 aliphatic heterocycles.